The zero-order valence-corrected chi connectivity index (χ0v) is 26.1. The molecule has 0 rings (SSSR count). The van der Waals surface area contributed by atoms with Crippen LogP contribution in [0, 0.1) is 9.81 Å². The Kier molecular flexibility index (Phi) is 28.4. The second-order valence-corrected chi connectivity index (χ2v) is 11.6. The van der Waals surface area contributed by atoms with Gasteiger partial charge in [0.1, 0.15) is 12.1 Å². The molecular formula is C32H66N4O2. The first-order valence-corrected chi connectivity index (χ1v) is 16.7. The summed E-state index contributed by atoms with van der Waals surface area (Å²) in [5, 5.41) is 6.93. The van der Waals surface area contributed by atoms with Crippen LogP contribution in [-0.4, -0.2) is 61.2 Å². The van der Waals surface area contributed by atoms with Crippen LogP contribution in [0.2, 0.25) is 0 Å². The lowest BCUT2D eigenvalue weighted by Gasteiger charge is -2.30. The molecule has 0 aliphatic carbocycles. The minimum Gasteiger partial charge on any atom is -0.302 e. The zero-order valence-electron chi connectivity index (χ0n) is 26.1. The molecule has 0 aromatic rings. The van der Waals surface area contributed by atoms with Crippen molar-refractivity contribution in [2.75, 3.05) is 39.3 Å². The van der Waals surface area contributed by atoms with Crippen LogP contribution in [0.15, 0.2) is 10.4 Å². The molecule has 0 saturated heterocycles. The standard InChI is InChI=1S/C32H66N4O2/c1-5-9-11-13-15-17-19-21-24-32(34-38)30-36(29-31(33-37)23-7-3)28-27-35(25-8-4)26-22-20-18-16-14-12-10-6-2/h31-32H,5-30H2,1-4H3. The lowest BCUT2D eigenvalue weighted by Crippen LogP contribution is -2.42. The number of nitrogens with zero attached hydrogens (tertiary/aromatic N) is 4. The summed E-state index contributed by atoms with van der Waals surface area (Å²) in [6.45, 7) is 14.3. The van der Waals surface area contributed by atoms with Crippen molar-refractivity contribution in [2.45, 2.75) is 168 Å². The fourth-order valence-corrected chi connectivity index (χ4v) is 5.46. The Hall–Kier alpha value is -0.880. The predicted octanol–water partition coefficient (Wildman–Crippen LogP) is 9.74. The number of rotatable bonds is 31. The monoisotopic (exact) mass is 539 g/mol. The molecule has 226 valence electrons. The van der Waals surface area contributed by atoms with Crippen molar-refractivity contribution in [3.63, 3.8) is 0 Å². The fourth-order valence-electron chi connectivity index (χ4n) is 5.46. The molecule has 6 nitrogen and oxygen atoms in total. The third-order valence-electron chi connectivity index (χ3n) is 7.85. The molecule has 0 spiro atoms. The molecule has 0 N–H and O–H groups in total. The first kappa shape index (κ1) is 37.1. The van der Waals surface area contributed by atoms with Crippen molar-refractivity contribution >= 4 is 0 Å². The first-order valence-electron chi connectivity index (χ1n) is 16.7. The van der Waals surface area contributed by atoms with Crippen molar-refractivity contribution in [2.24, 2.45) is 10.4 Å². The van der Waals surface area contributed by atoms with Crippen molar-refractivity contribution in [3.05, 3.63) is 9.81 Å². The van der Waals surface area contributed by atoms with Crippen molar-refractivity contribution in [1.82, 2.24) is 9.80 Å². The van der Waals surface area contributed by atoms with Gasteiger partial charge in [-0.15, -0.1) is 0 Å². The quantitative estimate of drug-likeness (QED) is 0.0650. The topological polar surface area (TPSA) is 65.3 Å². The van der Waals surface area contributed by atoms with Gasteiger partial charge in [-0.3, -0.25) is 4.90 Å². The van der Waals surface area contributed by atoms with Crippen LogP contribution in [0.4, 0.5) is 0 Å². The van der Waals surface area contributed by atoms with Gasteiger partial charge in [0, 0.05) is 26.2 Å². The Bertz CT molecular complexity index is 506. The van der Waals surface area contributed by atoms with Gasteiger partial charge in [-0.05, 0) is 38.8 Å². The van der Waals surface area contributed by atoms with E-state index in [4.69, 9.17) is 0 Å². The van der Waals surface area contributed by atoms with Crippen molar-refractivity contribution in [3.8, 4) is 0 Å². The van der Waals surface area contributed by atoms with Gasteiger partial charge in [0.15, 0.2) is 0 Å². The number of unbranched alkanes of at least 4 members (excludes halogenated alkanes) is 14. The van der Waals surface area contributed by atoms with E-state index < -0.39 is 0 Å². The summed E-state index contributed by atoms with van der Waals surface area (Å²) < 4.78 is 0. The summed E-state index contributed by atoms with van der Waals surface area (Å²) in [7, 11) is 0. The molecule has 2 atom stereocenters. The second-order valence-electron chi connectivity index (χ2n) is 11.6. The minimum absolute atomic E-state index is 0.184. The molecule has 0 bridgehead atoms. The molecule has 0 saturated carbocycles. The Balaban J connectivity index is 4.63. The Morgan fingerprint density at radius 2 is 0.868 bits per heavy atom. The summed E-state index contributed by atoms with van der Waals surface area (Å²) in [6.07, 6.45) is 24.7. The highest BCUT2D eigenvalue weighted by Crippen LogP contribution is 2.15. The van der Waals surface area contributed by atoms with E-state index in [2.05, 4.69) is 47.8 Å². The normalized spacial score (nSPS) is 13.3. The predicted molar refractivity (Wildman–Crippen MR) is 167 cm³/mol. The highest BCUT2D eigenvalue weighted by molar-refractivity contribution is 4.78. The van der Waals surface area contributed by atoms with Crippen molar-refractivity contribution in [1.29, 1.82) is 0 Å². The van der Waals surface area contributed by atoms with Gasteiger partial charge in [-0.2, -0.15) is 9.81 Å². The lowest BCUT2D eigenvalue weighted by atomic mass is 10.0. The van der Waals surface area contributed by atoms with Crippen LogP contribution in [0.1, 0.15) is 156 Å². The number of nitroso groups, excluding NO2 is 2. The molecular weight excluding hydrogens is 472 g/mol. The average molecular weight is 539 g/mol. The summed E-state index contributed by atoms with van der Waals surface area (Å²) >= 11 is 0. The van der Waals surface area contributed by atoms with Crippen LogP contribution in [0.5, 0.6) is 0 Å². The Morgan fingerprint density at radius 3 is 1.34 bits per heavy atom. The van der Waals surface area contributed by atoms with E-state index in [-0.39, 0.29) is 12.1 Å². The van der Waals surface area contributed by atoms with E-state index in [1.165, 1.54) is 96.3 Å². The van der Waals surface area contributed by atoms with Crippen LogP contribution >= 0.6 is 0 Å². The number of hydrogen-bond donors (Lipinski definition) is 0. The van der Waals surface area contributed by atoms with E-state index in [0.717, 1.165) is 58.3 Å². The first-order chi connectivity index (χ1) is 18.6. The smallest absolute Gasteiger partial charge is 0.105 e. The lowest BCUT2D eigenvalue weighted by molar-refractivity contribution is 0.183. The molecule has 0 fully saturated rings. The van der Waals surface area contributed by atoms with E-state index in [1.54, 1.807) is 0 Å². The molecule has 38 heavy (non-hydrogen) atoms. The summed E-state index contributed by atoms with van der Waals surface area (Å²) in [5.41, 5.74) is 0. The van der Waals surface area contributed by atoms with Gasteiger partial charge in [-0.1, -0.05) is 141 Å². The highest BCUT2D eigenvalue weighted by Gasteiger charge is 2.20. The summed E-state index contributed by atoms with van der Waals surface area (Å²) in [4.78, 5) is 28.1. The van der Waals surface area contributed by atoms with Gasteiger partial charge < -0.3 is 4.90 Å². The van der Waals surface area contributed by atoms with E-state index >= 15 is 0 Å². The van der Waals surface area contributed by atoms with Gasteiger partial charge >= 0.3 is 0 Å². The molecule has 0 aliphatic heterocycles. The summed E-state index contributed by atoms with van der Waals surface area (Å²) in [5.74, 6) is 0. The largest absolute Gasteiger partial charge is 0.302 e. The van der Waals surface area contributed by atoms with Crippen LogP contribution in [-0.2, 0) is 0 Å². The van der Waals surface area contributed by atoms with E-state index in [1.807, 2.05) is 0 Å². The molecule has 0 aromatic heterocycles. The van der Waals surface area contributed by atoms with Crippen molar-refractivity contribution < 1.29 is 0 Å². The Morgan fingerprint density at radius 1 is 0.421 bits per heavy atom. The molecule has 2 unspecified atom stereocenters. The fraction of sp³-hybridized carbons (Fsp3) is 1.00. The second kappa shape index (κ2) is 29.1. The maximum Gasteiger partial charge on any atom is 0.105 e. The molecule has 0 aliphatic rings. The molecule has 6 heteroatoms. The van der Waals surface area contributed by atoms with E-state index in [0.29, 0.717) is 13.1 Å². The minimum atomic E-state index is -0.192. The van der Waals surface area contributed by atoms with Gasteiger partial charge in [0.25, 0.3) is 0 Å². The van der Waals surface area contributed by atoms with Gasteiger partial charge in [0.2, 0.25) is 0 Å². The molecule has 0 aromatic carbocycles. The Labute approximate surface area is 237 Å². The van der Waals surface area contributed by atoms with Crippen LogP contribution in [0.3, 0.4) is 0 Å². The third-order valence-corrected chi connectivity index (χ3v) is 7.85. The maximum absolute atomic E-state index is 11.7. The highest BCUT2D eigenvalue weighted by atomic mass is 16.3. The van der Waals surface area contributed by atoms with Gasteiger partial charge in [-0.25, -0.2) is 0 Å². The zero-order chi connectivity index (χ0) is 28.1. The van der Waals surface area contributed by atoms with Crippen LogP contribution < -0.4 is 0 Å². The summed E-state index contributed by atoms with van der Waals surface area (Å²) in [6, 6.07) is -0.376. The van der Waals surface area contributed by atoms with Gasteiger partial charge in [0.05, 0.1) is 0 Å². The molecule has 0 amide bonds. The third kappa shape index (κ3) is 23.0. The van der Waals surface area contributed by atoms with E-state index in [9.17, 15) is 9.81 Å². The van der Waals surface area contributed by atoms with Crippen LogP contribution in [0.25, 0.3) is 0 Å². The maximum atomic E-state index is 11.7. The number of hydrogen-bond acceptors (Lipinski definition) is 6. The molecule has 0 heterocycles. The average Bonchev–Trinajstić information content (AvgIpc) is 2.93. The molecule has 0 radical (unpaired) electrons. The SMILES string of the molecule is CCCCCCCCCCC(CN(CCN(CCC)CCCCCCCCCC)CC(CCC)N=O)N=O.